The van der Waals surface area contributed by atoms with Gasteiger partial charge in [-0.1, -0.05) is 19.8 Å². The highest BCUT2D eigenvalue weighted by Gasteiger charge is 2.43. The van der Waals surface area contributed by atoms with Gasteiger partial charge in [0.2, 0.25) is 0 Å². The minimum atomic E-state index is -3.28. The number of rotatable bonds is 9. The lowest BCUT2D eigenvalue weighted by Crippen LogP contribution is -2.35. The van der Waals surface area contributed by atoms with Crippen molar-refractivity contribution < 1.29 is 31.1 Å². The lowest BCUT2D eigenvalue weighted by atomic mass is 9.67. The smallest absolute Gasteiger partial charge is 0.387 e. The molecule has 0 aromatic heterocycles. The SMILES string of the molecule is CCCC1CCC(C(F)(F)CC2CCC(C3CCC(c4cc(F)c(OC(F)F)c(F)c4)CC3)CC2)CC1. The Hall–Kier alpha value is -1.40. The van der Waals surface area contributed by atoms with Gasteiger partial charge in [0, 0.05) is 12.3 Å². The fraction of sp³-hybridized carbons (Fsp3) is 0.800. The van der Waals surface area contributed by atoms with E-state index in [1.165, 1.54) is 6.42 Å². The highest BCUT2D eigenvalue weighted by Crippen LogP contribution is 2.48. The zero-order valence-corrected chi connectivity index (χ0v) is 22.0. The second kappa shape index (κ2) is 12.6. The molecule has 3 saturated carbocycles. The molecular formula is C30H42F6O. The zero-order chi connectivity index (χ0) is 26.6. The molecule has 0 bridgehead atoms. The highest BCUT2D eigenvalue weighted by atomic mass is 19.3. The average molecular weight is 533 g/mol. The molecular weight excluding hydrogens is 490 g/mol. The molecule has 1 aromatic rings. The van der Waals surface area contributed by atoms with E-state index in [1.54, 1.807) is 0 Å². The molecule has 0 unspecified atom stereocenters. The van der Waals surface area contributed by atoms with Crippen molar-refractivity contribution in [2.45, 2.75) is 122 Å². The topological polar surface area (TPSA) is 9.23 Å². The highest BCUT2D eigenvalue weighted by molar-refractivity contribution is 5.33. The molecule has 3 aliphatic rings. The van der Waals surface area contributed by atoms with Gasteiger partial charge in [-0.15, -0.1) is 0 Å². The molecule has 0 heterocycles. The first-order chi connectivity index (χ1) is 17.7. The molecule has 0 spiro atoms. The minimum absolute atomic E-state index is 0.0108. The molecule has 210 valence electrons. The molecule has 1 nitrogen and oxygen atoms in total. The monoisotopic (exact) mass is 532 g/mol. The molecule has 0 aliphatic heterocycles. The van der Waals surface area contributed by atoms with Gasteiger partial charge in [-0.25, -0.2) is 17.6 Å². The van der Waals surface area contributed by atoms with E-state index in [-0.39, 0.29) is 18.3 Å². The van der Waals surface area contributed by atoms with E-state index in [9.17, 15) is 17.6 Å². The van der Waals surface area contributed by atoms with Gasteiger partial charge in [0.05, 0.1) is 0 Å². The second-order valence-electron chi connectivity index (χ2n) is 12.1. The van der Waals surface area contributed by atoms with Crippen LogP contribution in [0.2, 0.25) is 0 Å². The standard InChI is InChI=1S/C30H42F6O/c1-2-3-19-6-14-25(15-7-19)30(35,36)18-20-4-8-21(9-5-20)22-10-12-23(13-11-22)24-16-26(31)28(27(32)17-24)37-29(33)34/h16-17,19-23,25,29H,2-15,18H2,1H3. The van der Waals surface area contributed by atoms with Gasteiger partial charge in [-0.05, 0) is 124 Å². The number of ether oxygens (including phenoxy) is 1. The van der Waals surface area contributed by atoms with Crippen LogP contribution in [0.5, 0.6) is 5.75 Å². The molecule has 3 fully saturated rings. The van der Waals surface area contributed by atoms with Crippen molar-refractivity contribution in [1.82, 2.24) is 0 Å². The lowest BCUT2D eigenvalue weighted by molar-refractivity contribution is -0.0968. The Morgan fingerprint density at radius 1 is 0.784 bits per heavy atom. The van der Waals surface area contributed by atoms with Gasteiger partial charge >= 0.3 is 6.61 Å². The summed E-state index contributed by atoms with van der Waals surface area (Å²) in [5, 5.41) is 0. The zero-order valence-electron chi connectivity index (χ0n) is 22.0. The predicted octanol–water partition coefficient (Wildman–Crippen LogP) is 10.3. The van der Waals surface area contributed by atoms with Gasteiger partial charge in [-0.2, -0.15) is 8.78 Å². The van der Waals surface area contributed by atoms with Gasteiger partial charge < -0.3 is 4.74 Å². The van der Waals surface area contributed by atoms with Crippen LogP contribution in [0.4, 0.5) is 26.3 Å². The van der Waals surface area contributed by atoms with Crippen LogP contribution in [0, 0.1) is 41.2 Å². The molecule has 0 amide bonds. The van der Waals surface area contributed by atoms with Crippen LogP contribution >= 0.6 is 0 Å². The van der Waals surface area contributed by atoms with Gasteiger partial charge in [0.1, 0.15) is 0 Å². The Balaban J connectivity index is 1.22. The molecule has 0 N–H and O–H groups in total. The first kappa shape index (κ1) is 28.6. The molecule has 7 heteroatoms. The molecule has 0 atom stereocenters. The summed E-state index contributed by atoms with van der Waals surface area (Å²) >= 11 is 0. The summed E-state index contributed by atoms with van der Waals surface area (Å²) in [5.74, 6) is -4.43. The van der Waals surface area contributed by atoms with Crippen LogP contribution in [0.1, 0.15) is 115 Å². The van der Waals surface area contributed by atoms with E-state index in [4.69, 9.17) is 0 Å². The predicted molar refractivity (Wildman–Crippen MR) is 133 cm³/mol. The Morgan fingerprint density at radius 3 is 1.81 bits per heavy atom. The molecule has 4 rings (SSSR count). The molecule has 3 aliphatic carbocycles. The maximum absolute atomic E-state index is 15.1. The maximum atomic E-state index is 15.1. The van der Waals surface area contributed by atoms with Crippen molar-refractivity contribution in [2.75, 3.05) is 0 Å². The summed E-state index contributed by atoms with van der Waals surface area (Å²) in [5.41, 5.74) is 0.490. The third-order valence-electron chi connectivity index (χ3n) is 9.73. The first-order valence-corrected chi connectivity index (χ1v) is 14.5. The van der Waals surface area contributed by atoms with Crippen molar-refractivity contribution in [3.8, 4) is 5.75 Å². The summed E-state index contributed by atoms with van der Waals surface area (Å²) in [7, 11) is 0. The molecule has 37 heavy (non-hydrogen) atoms. The van der Waals surface area contributed by atoms with Gasteiger partial charge in [0.25, 0.3) is 5.92 Å². The van der Waals surface area contributed by atoms with E-state index in [0.29, 0.717) is 36.2 Å². The van der Waals surface area contributed by atoms with E-state index < -0.39 is 35.8 Å². The summed E-state index contributed by atoms with van der Waals surface area (Å²) in [6, 6.07) is 2.24. The van der Waals surface area contributed by atoms with Crippen molar-refractivity contribution in [2.24, 2.45) is 29.6 Å². The third-order valence-corrected chi connectivity index (χ3v) is 9.73. The molecule has 1 aromatic carbocycles. The second-order valence-corrected chi connectivity index (χ2v) is 12.1. The van der Waals surface area contributed by atoms with Crippen molar-refractivity contribution in [1.29, 1.82) is 0 Å². The minimum Gasteiger partial charge on any atom is -0.429 e. The van der Waals surface area contributed by atoms with Gasteiger partial charge in [-0.3, -0.25) is 0 Å². The average Bonchev–Trinajstić information content (AvgIpc) is 2.87. The number of hydrogen-bond donors (Lipinski definition) is 0. The summed E-state index contributed by atoms with van der Waals surface area (Å²) in [6.45, 7) is -1.11. The van der Waals surface area contributed by atoms with E-state index in [1.807, 2.05) is 0 Å². The largest absolute Gasteiger partial charge is 0.429 e. The van der Waals surface area contributed by atoms with Crippen LogP contribution in [-0.4, -0.2) is 12.5 Å². The van der Waals surface area contributed by atoms with Gasteiger partial charge in [0.15, 0.2) is 17.4 Å². The van der Waals surface area contributed by atoms with Crippen LogP contribution in [0.25, 0.3) is 0 Å². The summed E-state index contributed by atoms with van der Waals surface area (Å²) in [6.07, 6.45) is 12.8. The van der Waals surface area contributed by atoms with E-state index >= 15 is 8.78 Å². The third kappa shape index (κ3) is 7.38. The quantitative estimate of drug-likeness (QED) is 0.288. The summed E-state index contributed by atoms with van der Waals surface area (Å²) in [4.78, 5) is 0. The lowest BCUT2D eigenvalue weighted by Gasteiger charge is -2.40. The van der Waals surface area contributed by atoms with E-state index in [2.05, 4.69) is 11.7 Å². The van der Waals surface area contributed by atoms with E-state index in [0.717, 1.165) is 82.8 Å². The number of hydrogen-bond acceptors (Lipinski definition) is 1. The van der Waals surface area contributed by atoms with Crippen LogP contribution in [0.15, 0.2) is 12.1 Å². The number of halogens is 6. The Labute approximate surface area is 217 Å². The van der Waals surface area contributed by atoms with Crippen LogP contribution in [-0.2, 0) is 0 Å². The maximum Gasteiger partial charge on any atom is 0.387 e. The van der Waals surface area contributed by atoms with Crippen LogP contribution in [0.3, 0.4) is 0 Å². The number of alkyl halides is 4. The molecule has 0 saturated heterocycles. The fourth-order valence-electron chi connectivity index (χ4n) is 7.64. The van der Waals surface area contributed by atoms with Crippen molar-refractivity contribution in [3.05, 3.63) is 29.3 Å². The Kier molecular flexibility index (Phi) is 9.77. The Morgan fingerprint density at radius 2 is 1.30 bits per heavy atom. The fourth-order valence-corrected chi connectivity index (χ4v) is 7.64. The van der Waals surface area contributed by atoms with Crippen molar-refractivity contribution in [3.63, 3.8) is 0 Å². The normalized spacial score (nSPS) is 31.5. The first-order valence-electron chi connectivity index (χ1n) is 14.5. The number of benzene rings is 1. The Bertz CT molecular complexity index is 827. The van der Waals surface area contributed by atoms with Crippen molar-refractivity contribution >= 4 is 0 Å². The molecule has 0 radical (unpaired) electrons. The van der Waals surface area contributed by atoms with Crippen LogP contribution < -0.4 is 4.74 Å². The summed E-state index contributed by atoms with van der Waals surface area (Å²) < 4.78 is 87.3.